The standard InChI is InChI=1S/C19H18ClNO3/c1-11-17(12-4-6-13(20)7-5-12)18(23)14-8-9-16(22)15(10-21(2)3)19(14)24-11/h4-9,22H,10H2,1-3H3. The van der Waals surface area contributed by atoms with Crippen molar-refractivity contribution in [1.29, 1.82) is 0 Å². The SMILES string of the molecule is Cc1oc2c(CN(C)C)c(O)ccc2c(=O)c1-c1ccc(Cl)cc1. The molecule has 2 aromatic carbocycles. The summed E-state index contributed by atoms with van der Waals surface area (Å²) >= 11 is 5.93. The highest BCUT2D eigenvalue weighted by Crippen LogP contribution is 2.31. The number of phenols is 1. The lowest BCUT2D eigenvalue weighted by atomic mass is 10.0. The normalized spacial score (nSPS) is 11.4. The van der Waals surface area contributed by atoms with Crippen molar-refractivity contribution in [2.75, 3.05) is 14.1 Å². The fraction of sp³-hybridized carbons (Fsp3) is 0.211. The van der Waals surface area contributed by atoms with E-state index in [2.05, 4.69) is 0 Å². The van der Waals surface area contributed by atoms with Gasteiger partial charge in [-0.05, 0) is 50.8 Å². The van der Waals surface area contributed by atoms with E-state index < -0.39 is 0 Å². The topological polar surface area (TPSA) is 53.7 Å². The van der Waals surface area contributed by atoms with Gasteiger partial charge >= 0.3 is 0 Å². The Labute approximate surface area is 144 Å². The molecule has 1 aromatic heterocycles. The fourth-order valence-electron chi connectivity index (χ4n) is 2.83. The van der Waals surface area contributed by atoms with Gasteiger partial charge in [-0.1, -0.05) is 23.7 Å². The summed E-state index contributed by atoms with van der Waals surface area (Å²) in [6, 6.07) is 10.2. The number of rotatable bonds is 3. The quantitative estimate of drug-likeness (QED) is 0.774. The second kappa shape index (κ2) is 6.30. The largest absolute Gasteiger partial charge is 0.507 e. The van der Waals surface area contributed by atoms with Crippen LogP contribution in [0.4, 0.5) is 0 Å². The molecule has 0 fully saturated rings. The first-order chi connectivity index (χ1) is 11.4. The minimum atomic E-state index is -0.115. The number of nitrogens with zero attached hydrogens (tertiary/aromatic N) is 1. The molecule has 5 heteroatoms. The summed E-state index contributed by atoms with van der Waals surface area (Å²) in [7, 11) is 3.79. The summed E-state index contributed by atoms with van der Waals surface area (Å²) in [6.45, 7) is 2.24. The first-order valence-corrected chi connectivity index (χ1v) is 7.95. The number of phenolic OH excluding ortho intramolecular Hbond substituents is 1. The van der Waals surface area contributed by atoms with Gasteiger partial charge in [-0.3, -0.25) is 4.79 Å². The maximum absolute atomic E-state index is 13.0. The second-order valence-electron chi connectivity index (χ2n) is 6.05. The number of aryl methyl sites for hydroxylation is 1. The van der Waals surface area contributed by atoms with E-state index in [1.807, 2.05) is 19.0 Å². The van der Waals surface area contributed by atoms with Crippen LogP contribution in [0.2, 0.25) is 5.02 Å². The van der Waals surface area contributed by atoms with Crippen molar-refractivity contribution in [3.8, 4) is 16.9 Å². The Morgan fingerprint density at radius 1 is 1.12 bits per heavy atom. The van der Waals surface area contributed by atoms with Crippen LogP contribution in [0.1, 0.15) is 11.3 Å². The number of benzene rings is 2. The number of fused-ring (bicyclic) bond motifs is 1. The minimum Gasteiger partial charge on any atom is -0.507 e. The lowest BCUT2D eigenvalue weighted by Crippen LogP contribution is -2.13. The van der Waals surface area contributed by atoms with E-state index in [1.54, 1.807) is 43.3 Å². The molecule has 24 heavy (non-hydrogen) atoms. The zero-order chi connectivity index (χ0) is 17.4. The third-order valence-electron chi connectivity index (χ3n) is 3.92. The van der Waals surface area contributed by atoms with E-state index in [-0.39, 0.29) is 11.2 Å². The van der Waals surface area contributed by atoms with Gasteiger partial charge in [0, 0.05) is 11.6 Å². The molecular weight excluding hydrogens is 326 g/mol. The van der Waals surface area contributed by atoms with Gasteiger partial charge in [0.15, 0.2) is 0 Å². The first kappa shape index (κ1) is 16.6. The van der Waals surface area contributed by atoms with E-state index in [1.165, 1.54) is 0 Å². The minimum absolute atomic E-state index is 0.115. The highest BCUT2D eigenvalue weighted by Gasteiger charge is 2.18. The van der Waals surface area contributed by atoms with Crippen LogP contribution in [-0.2, 0) is 6.54 Å². The molecule has 0 unspecified atom stereocenters. The van der Waals surface area contributed by atoms with Gasteiger partial charge < -0.3 is 14.4 Å². The molecule has 0 amide bonds. The van der Waals surface area contributed by atoms with Crippen molar-refractivity contribution in [3.05, 3.63) is 63.0 Å². The summed E-state index contributed by atoms with van der Waals surface area (Å²) in [5.74, 6) is 0.637. The van der Waals surface area contributed by atoms with Gasteiger partial charge in [-0.15, -0.1) is 0 Å². The molecule has 0 aliphatic heterocycles. The molecule has 124 valence electrons. The molecule has 4 nitrogen and oxygen atoms in total. The zero-order valence-corrected chi connectivity index (χ0v) is 14.5. The van der Waals surface area contributed by atoms with Crippen LogP contribution < -0.4 is 5.43 Å². The van der Waals surface area contributed by atoms with Crippen LogP contribution in [0.5, 0.6) is 5.75 Å². The first-order valence-electron chi connectivity index (χ1n) is 7.57. The van der Waals surface area contributed by atoms with Crippen molar-refractivity contribution in [2.45, 2.75) is 13.5 Å². The lowest BCUT2D eigenvalue weighted by molar-refractivity contribution is 0.383. The molecule has 3 rings (SSSR count). The molecule has 0 spiro atoms. The maximum atomic E-state index is 13.0. The van der Waals surface area contributed by atoms with Crippen LogP contribution in [0.25, 0.3) is 22.1 Å². The van der Waals surface area contributed by atoms with Crippen LogP contribution >= 0.6 is 11.6 Å². The van der Waals surface area contributed by atoms with E-state index in [9.17, 15) is 9.90 Å². The summed E-state index contributed by atoms with van der Waals surface area (Å²) < 4.78 is 5.95. The maximum Gasteiger partial charge on any atom is 0.200 e. The Kier molecular flexibility index (Phi) is 4.35. The van der Waals surface area contributed by atoms with Gasteiger partial charge in [0.2, 0.25) is 5.43 Å². The second-order valence-corrected chi connectivity index (χ2v) is 6.48. The van der Waals surface area contributed by atoms with Crippen LogP contribution in [-0.4, -0.2) is 24.1 Å². The average molecular weight is 344 g/mol. The van der Waals surface area contributed by atoms with E-state index >= 15 is 0 Å². The zero-order valence-electron chi connectivity index (χ0n) is 13.8. The predicted molar refractivity (Wildman–Crippen MR) is 96.7 cm³/mol. The van der Waals surface area contributed by atoms with Gasteiger partial charge in [0.05, 0.1) is 16.5 Å². The molecule has 0 aliphatic carbocycles. The Bertz CT molecular complexity index is 959. The number of hydrogen-bond donors (Lipinski definition) is 1. The lowest BCUT2D eigenvalue weighted by Gasteiger charge is -2.14. The molecule has 1 N–H and O–H groups in total. The van der Waals surface area contributed by atoms with Gasteiger partial charge in [-0.2, -0.15) is 0 Å². The Morgan fingerprint density at radius 2 is 1.79 bits per heavy atom. The number of hydrogen-bond acceptors (Lipinski definition) is 4. The third-order valence-corrected chi connectivity index (χ3v) is 4.17. The van der Waals surface area contributed by atoms with Crippen molar-refractivity contribution >= 4 is 22.6 Å². The summed E-state index contributed by atoms with van der Waals surface area (Å²) in [5, 5.41) is 11.2. The van der Waals surface area contributed by atoms with Crippen molar-refractivity contribution < 1.29 is 9.52 Å². The third kappa shape index (κ3) is 2.90. The molecule has 1 heterocycles. The molecule has 3 aromatic rings. The summed E-state index contributed by atoms with van der Waals surface area (Å²) in [6.07, 6.45) is 0. The van der Waals surface area contributed by atoms with E-state index in [0.717, 1.165) is 5.56 Å². The van der Waals surface area contributed by atoms with Gasteiger partial charge in [0.25, 0.3) is 0 Å². The predicted octanol–water partition coefficient (Wildman–Crippen LogP) is 4.19. The van der Waals surface area contributed by atoms with Gasteiger partial charge in [0.1, 0.15) is 17.1 Å². The highest BCUT2D eigenvalue weighted by molar-refractivity contribution is 6.30. The Balaban J connectivity index is 2.31. The number of aromatic hydroxyl groups is 1. The van der Waals surface area contributed by atoms with E-state index in [0.29, 0.717) is 39.4 Å². The number of halogens is 1. The molecule has 0 atom stereocenters. The van der Waals surface area contributed by atoms with Gasteiger partial charge in [-0.25, -0.2) is 0 Å². The summed E-state index contributed by atoms with van der Waals surface area (Å²) in [4.78, 5) is 14.9. The van der Waals surface area contributed by atoms with Crippen LogP contribution in [0.15, 0.2) is 45.6 Å². The molecule has 0 saturated carbocycles. The van der Waals surface area contributed by atoms with Crippen molar-refractivity contribution in [2.24, 2.45) is 0 Å². The summed E-state index contributed by atoms with van der Waals surface area (Å²) in [5.41, 5.74) is 2.20. The molecule has 0 bridgehead atoms. The molecule has 0 radical (unpaired) electrons. The molecular formula is C19H18ClNO3. The van der Waals surface area contributed by atoms with Crippen molar-refractivity contribution in [1.82, 2.24) is 4.90 Å². The van der Waals surface area contributed by atoms with E-state index in [4.69, 9.17) is 16.0 Å². The van der Waals surface area contributed by atoms with Crippen molar-refractivity contribution in [3.63, 3.8) is 0 Å². The Morgan fingerprint density at radius 3 is 2.42 bits per heavy atom. The Hall–Kier alpha value is -2.30. The smallest absolute Gasteiger partial charge is 0.200 e. The average Bonchev–Trinajstić information content (AvgIpc) is 2.52. The fourth-order valence-corrected chi connectivity index (χ4v) is 2.96. The monoisotopic (exact) mass is 343 g/mol. The van der Waals surface area contributed by atoms with Crippen LogP contribution in [0, 0.1) is 6.92 Å². The van der Waals surface area contributed by atoms with Crippen LogP contribution in [0.3, 0.4) is 0 Å². The molecule has 0 aliphatic rings. The highest BCUT2D eigenvalue weighted by atomic mass is 35.5. The molecule has 0 saturated heterocycles.